The summed E-state index contributed by atoms with van der Waals surface area (Å²) in [6, 6.07) is 49.9. The number of hydrogen-bond acceptors (Lipinski definition) is 3. The maximum atomic E-state index is 6.53. The second kappa shape index (κ2) is 8.87. The molecule has 0 bridgehead atoms. The van der Waals surface area contributed by atoms with Gasteiger partial charge < -0.3 is 13.4 Å². The predicted molar refractivity (Wildman–Crippen MR) is 194 cm³/mol. The quantitative estimate of drug-likeness (QED) is 0.196. The summed E-state index contributed by atoms with van der Waals surface area (Å²) >= 11 is 1.85. The number of nitrogens with zero attached hydrogens (tertiary/aromatic N) is 1. The zero-order valence-corrected chi connectivity index (χ0v) is 25.3. The number of rotatable bonds is 2. The highest BCUT2D eigenvalue weighted by atomic mass is 32.1. The van der Waals surface area contributed by atoms with Crippen LogP contribution < -0.4 is 0 Å². The van der Waals surface area contributed by atoms with E-state index in [9.17, 15) is 0 Å². The zero-order valence-electron chi connectivity index (χ0n) is 24.5. The molecule has 7 aromatic carbocycles. The van der Waals surface area contributed by atoms with Gasteiger partial charge in [0.05, 0.1) is 27.5 Å². The number of thiophene rings is 1. The van der Waals surface area contributed by atoms with Crippen molar-refractivity contribution >= 4 is 97.2 Å². The van der Waals surface area contributed by atoms with Crippen LogP contribution >= 0.6 is 11.3 Å². The second-order valence-corrected chi connectivity index (χ2v) is 13.1. The third-order valence-corrected chi connectivity index (χ3v) is 10.8. The molecule has 4 aromatic heterocycles. The van der Waals surface area contributed by atoms with Crippen molar-refractivity contribution in [1.29, 1.82) is 0 Å². The monoisotopic (exact) mass is 605 g/mol. The summed E-state index contributed by atoms with van der Waals surface area (Å²) in [7, 11) is 0. The molecule has 0 atom stereocenters. The van der Waals surface area contributed by atoms with Crippen molar-refractivity contribution in [1.82, 2.24) is 4.57 Å². The molecule has 3 nitrogen and oxygen atoms in total. The van der Waals surface area contributed by atoms with Crippen molar-refractivity contribution in [3.8, 4) is 16.8 Å². The van der Waals surface area contributed by atoms with Gasteiger partial charge in [-0.15, -0.1) is 11.3 Å². The Balaban J connectivity index is 1.23. The first-order valence-electron chi connectivity index (χ1n) is 15.5. The summed E-state index contributed by atoms with van der Waals surface area (Å²) in [4.78, 5) is 0. The summed E-state index contributed by atoms with van der Waals surface area (Å²) in [5.41, 5.74) is 9.32. The molecule has 11 rings (SSSR count). The van der Waals surface area contributed by atoms with Gasteiger partial charge in [-0.25, -0.2) is 0 Å². The topological polar surface area (TPSA) is 31.2 Å². The third-order valence-electron chi connectivity index (χ3n) is 9.60. The molecule has 214 valence electrons. The highest BCUT2D eigenvalue weighted by Gasteiger charge is 2.22. The van der Waals surface area contributed by atoms with Gasteiger partial charge in [-0.05, 0) is 77.9 Å². The highest BCUT2D eigenvalue weighted by Crippen LogP contribution is 2.44. The Morgan fingerprint density at radius 2 is 1.07 bits per heavy atom. The average molecular weight is 606 g/mol. The molecule has 0 aliphatic heterocycles. The summed E-state index contributed by atoms with van der Waals surface area (Å²) in [5, 5.41) is 9.50. The fraction of sp³-hybridized carbons (Fsp3) is 0. The van der Waals surface area contributed by atoms with Gasteiger partial charge in [-0.1, -0.05) is 72.8 Å². The molecule has 0 aliphatic carbocycles. The molecule has 4 heterocycles. The second-order valence-electron chi connectivity index (χ2n) is 12.1. The van der Waals surface area contributed by atoms with Crippen LogP contribution in [0.4, 0.5) is 0 Å². The lowest BCUT2D eigenvalue weighted by Gasteiger charge is -2.11. The van der Waals surface area contributed by atoms with Gasteiger partial charge in [0, 0.05) is 41.7 Å². The Bertz CT molecular complexity index is 3040. The fourth-order valence-electron chi connectivity index (χ4n) is 7.59. The fourth-order valence-corrected chi connectivity index (χ4v) is 8.68. The summed E-state index contributed by atoms with van der Waals surface area (Å²) in [6.07, 6.45) is 0. The first-order valence-corrected chi connectivity index (χ1v) is 16.3. The minimum Gasteiger partial charge on any atom is -0.456 e. The normalized spacial score (nSPS) is 12.3. The number of fused-ring (bicyclic) bond motifs is 13. The molecular weight excluding hydrogens is 583 g/mol. The maximum absolute atomic E-state index is 6.53. The molecule has 0 fully saturated rings. The van der Waals surface area contributed by atoms with Gasteiger partial charge >= 0.3 is 0 Å². The average Bonchev–Trinajstić information content (AvgIpc) is 3.86. The van der Waals surface area contributed by atoms with E-state index in [2.05, 4.69) is 138 Å². The van der Waals surface area contributed by atoms with Crippen molar-refractivity contribution in [2.75, 3.05) is 0 Å². The van der Waals surface area contributed by atoms with E-state index >= 15 is 0 Å². The molecule has 0 radical (unpaired) electrons. The predicted octanol–water partition coefficient (Wildman–Crippen LogP) is 12.6. The standard InChI is InChI=1S/C42H23NO2S/c1-4-11-32-26(8-1)28-18-20-37-41(29-10-2-5-13-34(29)44-37)42(28)43(32)33-12-7-14-36-40(33)31-23-24(16-19-35(31)45-36)25-17-21-39-30(22-25)27-9-3-6-15-38(27)46-39/h1-23H. The lowest BCUT2D eigenvalue weighted by atomic mass is 10.0. The largest absolute Gasteiger partial charge is 0.456 e. The van der Waals surface area contributed by atoms with Crippen LogP contribution in [0.25, 0.3) is 103 Å². The Hall–Kier alpha value is -5.84. The Kier molecular flexibility index (Phi) is 4.72. The van der Waals surface area contributed by atoms with Crippen LogP contribution in [0.2, 0.25) is 0 Å². The summed E-state index contributed by atoms with van der Waals surface area (Å²) in [5.74, 6) is 0. The number of furan rings is 2. The SMILES string of the molecule is c1ccc2c(c1)oc1ccc3c4ccccc4n(-c4cccc5oc6ccc(-c7ccc8sc9ccccc9c8c7)cc6c45)c3c12. The molecule has 0 saturated carbocycles. The first-order chi connectivity index (χ1) is 22.8. The Morgan fingerprint density at radius 1 is 0.413 bits per heavy atom. The van der Waals surface area contributed by atoms with Crippen LogP contribution in [0.1, 0.15) is 0 Å². The van der Waals surface area contributed by atoms with E-state index in [1.165, 1.54) is 42.1 Å². The van der Waals surface area contributed by atoms with Crippen LogP contribution in [0.3, 0.4) is 0 Å². The molecule has 11 aromatic rings. The Labute approximate surface area is 266 Å². The molecule has 0 amide bonds. The van der Waals surface area contributed by atoms with Gasteiger partial charge in [0.1, 0.15) is 22.3 Å². The van der Waals surface area contributed by atoms with Crippen molar-refractivity contribution in [3.05, 3.63) is 140 Å². The van der Waals surface area contributed by atoms with Gasteiger partial charge in [-0.3, -0.25) is 0 Å². The molecule has 4 heteroatoms. The van der Waals surface area contributed by atoms with Crippen LogP contribution in [-0.4, -0.2) is 4.57 Å². The van der Waals surface area contributed by atoms with E-state index in [1.807, 2.05) is 17.4 Å². The maximum Gasteiger partial charge on any atom is 0.137 e. The summed E-state index contributed by atoms with van der Waals surface area (Å²) < 4.78 is 18.0. The van der Waals surface area contributed by atoms with Crippen LogP contribution in [0, 0.1) is 0 Å². The molecule has 0 saturated heterocycles. The van der Waals surface area contributed by atoms with Crippen LogP contribution in [-0.2, 0) is 0 Å². The highest BCUT2D eigenvalue weighted by molar-refractivity contribution is 7.25. The smallest absolute Gasteiger partial charge is 0.137 e. The van der Waals surface area contributed by atoms with Crippen LogP contribution in [0.15, 0.2) is 148 Å². The van der Waals surface area contributed by atoms with E-state index in [1.54, 1.807) is 0 Å². The van der Waals surface area contributed by atoms with Crippen molar-refractivity contribution < 1.29 is 8.83 Å². The van der Waals surface area contributed by atoms with Crippen molar-refractivity contribution in [3.63, 3.8) is 0 Å². The molecule has 0 aliphatic rings. The minimum atomic E-state index is 0.874. The van der Waals surface area contributed by atoms with Crippen molar-refractivity contribution in [2.24, 2.45) is 0 Å². The minimum absolute atomic E-state index is 0.874. The number of aromatic nitrogens is 1. The van der Waals surface area contributed by atoms with Gasteiger partial charge in [-0.2, -0.15) is 0 Å². The number of benzene rings is 7. The molecular formula is C42H23NO2S. The molecule has 0 N–H and O–H groups in total. The molecule has 0 unspecified atom stereocenters. The first kappa shape index (κ1) is 24.5. The lowest BCUT2D eigenvalue weighted by molar-refractivity contribution is 0.669. The van der Waals surface area contributed by atoms with Crippen LogP contribution in [0.5, 0.6) is 0 Å². The Morgan fingerprint density at radius 3 is 1.98 bits per heavy atom. The van der Waals surface area contributed by atoms with E-state index in [-0.39, 0.29) is 0 Å². The molecule has 0 spiro atoms. The molecule has 46 heavy (non-hydrogen) atoms. The van der Waals surface area contributed by atoms with E-state index in [0.717, 1.165) is 60.6 Å². The zero-order chi connectivity index (χ0) is 29.9. The van der Waals surface area contributed by atoms with E-state index in [0.29, 0.717) is 0 Å². The summed E-state index contributed by atoms with van der Waals surface area (Å²) in [6.45, 7) is 0. The lowest BCUT2D eigenvalue weighted by Crippen LogP contribution is -1.95. The number of hydrogen-bond donors (Lipinski definition) is 0. The van der Waals surface area contributed by atoms with E-state index < -0.39 is 0 Å². The van der Waals surface area contributed by atoms with Gasteiger partial charge in [0.25, 0.3) is 0 Å². The van der Waals surface area contributed by atoms with Crippen molar-refractivity contribution in [2.45, 2.75) is 0 Å². The number of para-hydroxylation sites is 2. The third kappa shape index (κ3) is 3.21. The van der Waals surface area contributed by atoms with Gasteiger partial charge in [0.15, 0.2) is 0 Å². The van der Waals surface area contributed by atoms with E-state index in [4.69, 9.17) is 8.83 Å². The van der Waals surface area contributed by atoms with Gasteiger partial charge in [0.2, 0.25) is 0 Å².